The number of carbonyl (C=O) groups excluding carboxylic acids is 2. The Morgan fingerprint density at radius 3 is 2.81 bits per heavy atom. The van der Waals surface area contributed by atoms with E-state index in [0.717, 1.165) is 10.9 Å². The van der Waals surface area contributed by atoms with Crippen molar-refractivity contribution in [3.63, 3.8) is 0 Å². The van der Waals surface area contributed by atoms with Gasteiger partial charge in [-0.3, -0.25) is 14.6 Å². The second kappa shape index (κ2) is 7.03. The van der Waals surface area contributed by atoms with Gasteiger partial charge in [-0.2, -0.15) is 0 Å². The van der Waals surface area contributed by atoms with Crippen LogP contribution in [0.2, 0.25) is 0 Å². The number of primary amides is 1. The Labute approximate surface area is 155 Å². The summed E-state index contributed by atoms with van der Waals surface area (Å²) in [5.74, 6) is -0.201. The highest BCUT2D eigenvalue weighted by atomic mass is 16.5. The standard InChI is InChI=1S/C20H18N4O3/c21-19(25)18-11-14(7-9-22-18)27-15-8-10-24(12-15)20(26)17-6-5-13-3-1-2-4-16(13)23-17/h1-7,9,11,15H,8,10,12H2,(H2,21,25)/t15-/m0/s1. The summed E-state index contributed by atoms with van der Waals surface area (Å²) in [4.78, 5) is 34.1. The molecule has 2 N–H and O–H groups in total. The van der Waals surface area contributed by atoms with Crippen molar-refractivity contribution in [2.75, 3.05) is 13.1 Å². The number of rotatable bonds is 4. The summed E-state index contributed by atoms with van der Waals surface area (Å²) in [5.41, 5.74) is 6.61. The van der Waals surface area contributed by atoms with E-state index in [4.69, 9.17) is 10.5 Å². The molecule has 1 fully saturated rings. The molecule has 0 aliphatic carbocycles. The lowest BCUT2D eigenvalue weighted by molar-refractivity contribution is 0.0767. The third-order valence-corrected chi connectivity index (χ3v) is 4.54. The van der Waals surface area contributed by atoms with E-state index in [1.54, 1.807) is 17.0 Å². The molecule has 1 aliphatic rings. The molecule has 1 saturated heterocycles. The van der Waals surface area contributed by atoms with Gasteiger partial charge in [0.05, 0.1) is 12.1 Å². The van der Waals surface area contributed by atoms with E-state index in [0.29, 0.717) is 31.0 Å². The second-order valence-electron chi connectivity index (χ2n) is 6.41. The van der Waals surface area contributed by atoms with Gasteiger partial charge in [-0.05, 0) is 18.2 Å². The van der Waals surface area contributed by atoms with Gasteiger partial charge in [-0.1, -0.05) is 24.3 Å². The minimum Gasteiger partial charge on any atom is -0.488 e. The third kappa shape index (κ3) is 3.57. The number of pyridine rings is 2. The van der Waals surface area contributed by atoms with Crippen LogP contribution in [0.3, 0.4) is 0 Å². The molecule has 0 radical (unpaired) electrons. The summed E-state index contributed by atoms with van der Waals surface area (Å²) in [5, 5.41) is 1.000. The van der Waals surface area contributed by atoms with Gasteiger partial charge >= 0.3 is 0 Å². The van der Waals surface area contributed by atoms with Crippen molar-refractivity contribution in [1.29, 1.82) is 0 Å². The summed E-state index contributed by atoms with van der Waals surface area (Å²) in [6, 6.07) is 14.5. The molecule has 7 heteroatoms. The molecule has 3 heterocycles. The van der Waals surface area contributed by atoms with Gasteiger partial charge < -0.3 is 15.4 Å². The lowest BCUT2D eigenvalue weighted by Crippen LogP contribution is -2.31. The van der Waals surface area contributed by atoms with Crippen molar-refractivity contribution in [3.8, 4) is 5.75 Å². The molecule has 136 valence electrons. The predicted octanol–water partition coefficient (Wildman–Crippen LogP) is 2.02. The fourth-order valence-electron chi connectivity index (χ4n) is 3.17. The minimum atomic E-state index is -0.606. The zero-order valence-electron chi connectivity index (χ0n) is 14.5. The summed E-state index contributed by atoms with van der Waals surface area (Å²) >= 11 is 0. The number of nitrogens with zero attached hydrogens (tertiary/aromatic N) is 3. The molecule has 2 amide bonds. The van der Waals surface area contributed by atoms with Crippen molar-refractivity contribution in [3.05, 3.63) is 66.1 Å². The van der Waals surface area contributed by atoms with Gasteiger partial charge in [0.15, 0.2) is 0 Å². The van der Waals surface area contributed by atoms with Crippen LogP contribution >= 0.6 is 0 Å². The molecule has 0 unspecified atom stereocenters. The van der Waals surface area contributed by atoms with E-state index in [1.165, 1.54) is 12.3 Å². The molecule has 3 aromatic rings. The SMILES string of the molecule is NC(=O)c1cc(O[C@H]2CCN(C(=O)c3ccc4ccccc4n3)C2)ccn1. The van der Waals surface area contributed by atoms with Crippen molar-refractivity contribution in [1.82, 2.24) is 14.9 Å². The minimum absolute atomic E-state index is 0.112. The number of hydrogen-bond donors (Lipinski definition) is 1. The smallest absolute Gasteiger partial charge is 0.272 e. The van der Waals surface area contributed by atoms with E-state index < -0.39 is 5.91 Å². The lowest BCUT2D eigenvalue weighted by atomic mass is 10.2. The molecule has 27 heavy (non-hydrogen) atoms. The first kappa shape index (κ1) is 17.0. The fraction of sp³-hybridized carbons (Fsp3) is 0.200. The molecule has 1 atom stereocenters. The number of aromatic nitrogens is 2. The van der Waals surface area contributed by atoms with Crippen LogP contribution in [0.4, 0.5) is 0 Å². The Balaban J connectivity index is 1.44. The monoisotopic (exact) mass is 362 g/mol. The number of ether oxygens (including phenoxy) is 1. The van der Waals surface area contributed by atoms with Crippen LogP contribution in [0.5, 0.6) is 5.75 Å². The van der Waals surface area contributed by atoms with Gasteiger partial charge in [0.25, 0.3) is 11.8 Å². The summed E-state index contributed by atoms with van der Waals surface area (Å²) in [7, 11) is 0. The van der Waals surface area contributed by atoms with Crippen LogP contribution in [-0.4, -0.2) is 45.9 Å². The van der Waals surface area contributed by atoms with Gasteiger partial charge in [0, 0.05) is 30.6 Å². The van der Waals surface area contributed by atoms with Crippen molar-refractivity contribution in [2.24, 2.45) is 5.73 Å². The number of nitrogens with two attached hydrogens (primary N) is 1. The number of likely N-dealkylation sites (tertiary alicyclic amines) is 1. The Kier molecular flexibility index (Phi) is 4.42. The largest absolute Gasteiger partial charge is 0.488 e. The molecule has 0 saturated carbocycles. The first-order valence-electron chi connectivity index (χ1n) is 8.68. The van der Waals surface area contributed by atoms with Crippen LogP contribution in [-0.2, 0) is 0 Å². The van der Waals surface area contributed by atoms with E-state index in [9.17, 15) is 9.59 Å². The first-order valence-corrected chi connectivity index (χ1v) is 8.68. The predicted molar refractivity (Wildman–Crippen MR) is 99.4 cm³/mol. The van der Waals surface area contributed by atoms with Crippen molar-refractivity contribution in [2.45, 2.75) is 12.5 Å². The average molecular weight is 362 g/mol. The molecule has 2 aromatic heterocycles. The number of fused-ring (bicyclic) bond motifs is 1. The zero-order valence-corrected chi connectivity index (χ0v) is 14.5. The highest BCUT2D eigenvalue weighted by Gasteiger charge is 2.29. The van der Waals surface area contributed by atoms with Crippen LogP contribution in [0.25, 0.3) is 10.9 Å². The maximum atomic E-state index is 12.8. The van der Waals surface area contributed by atoms with Crippen LogP contribution in [0, 0.1) is 0 Å². The average Bonchev–Trinajstić information content (AvgIpc) is 3.15. The van der Waals surface area contributed by atoms with E-state index in [2.05, 4.69) is 9.97 Å². The maximum absolute atomic E-state index is 12.8. The highest BCUT2D eigenvalue weighted by Crippen LogP contribution is 2.21. The summed E-state index contributed by atoms with van der Waals surface area (Å²) in [6.45, 7) is 1.05. The summed E-state index contributed by atoms with van der Waals surface area (Å²) < 4.78 is 5.89. The molecule has 0 spiro atoms. The molecule has 7 nitrogen and oxygen atoms in total. The maximum Gasteiger partial charge on any atom is 0.272 e. The molecular weight excluding hydrogens is 344 g/mol. The number of carbonyl (C=O) groups is 2. The van der Waals surface area contributed by atoms with Gasteiger partial charge in [-0.25, -0.2) is 4.98 Å². The Morgan fingerprint density at radius 2 is 1.96 bits per heavy atom. The van der Waals surface area contributed by atoms with E-state index in [1.807, 2.05) is 30.3 Å². The second-order valence-corrected chi connectivity index (χ2v) is 6.41. The van der Waals surface area contributed by atoms with E-state index in [-0.39, 0.29) is 17.7 Å². The quantitative estimate of drug-likeness (QED) is 0.766. The number of benzene rings is 1. The third-order valence-electron chi connectivity index (χ3n) is 4.54. The Bertz CT molecular complexity index is 1020. The highest BCUT2D eigenvalue weighted by molar-refractivity contribution is 5.95. The van der Waals surface area contributed by atoms with Crippen LogP contribution < -0.4 is 10.5 Å². The first-order chi connectivity index (χ1) is 13.1. The van der Waals surface area contributed by atoms with Crippen LogP contribution in [0.15, 0.2) is 54.7 Å². The lowest BCUT2D eigenvalue weighted by Gasteiger charge is -2.17. The number of amides is 2. The summed E-state index contributed by atoms with van der Waals surface area (Å²) in [6.07, 6.45) is 2.03. The Hall–Kier alpha value is -3.48. The molecule has 1 aliphatic heterocycles. The molecule has 4 rings (SSSR count). The zero-order chi connectivity index (χ0) is 18.8. The number of para-hydroxylation sites is 1. The van der Waals surface area contributed by atoms with Crippen molar-refractivity contribution < 1.29 is 14.3 Å². The molecule has 1 aromatic carbocycles. The van der Waals surface area contributed by atoms with Gasteiger partial charge in [-0.15, -0.1) is 0 Å². The molecular formula is C20H18N4O3. The van der Waals surface area contributed by atoms with Crippen molar-refractivity contribution >= 4 is 22.7 Å². The van der Waals surface area contributed by atoms with Crippen LogP contribution in [0.1, 0.15) is 27.4 Å². The van der Waals surface area contributed by atoms with Gasteiger partial charge in [0.1, 0.15) is 23.2 Å². The molecule has 0 bridgehead atoms. The normalized spacial score (nSPS) is 16.4. The Morgan fingerprint density at radius 1 is 1.11 bits per heavy atom. The fourth-order valence-corrected chi connectivity index (χ4v) is 3.17. The van der Waals surface area contributed by atoms with E-state index >= 15 is 0 Å². The topological polar surface area (TPSA) is 98.4 Å². The van der Waals surface area contributed by atoms with Gasteiger partial charge in [0.2, 0.25) is 0 Å². The number of hydrogen-bond acceptors (Lipinski definition) is 5.